The van der Waals surface area contributed by atoms with Crippen LogP contribution in [0.2, 0.25) is 0 Å². The molecule has 0 fully saturated rings. The summed E-state index contributed by atoms with van der Waals surface area (Å²) in [6, 6.07) is 6.81. The predicted molar refractivity (Wildman–Crippen MR) is 89.1 cm³/mol. The quantitative estimate of drug-likeness (QED) is 0.769. The molecule has 22 heavy (non-hydrogen) atoms. The minimum absolute atomic E-state index is 0.136. The summed E-state index contributed by atoms with van der Waals surface area (Å²) >= 11 is 0. The molecule has 0 aliphatic heterocycles. The number of amides is 2. The van der Waals surface area contributed by atoms with E-state index >= 15 is 0 Å². The van der Waals surface area contributed by atoms with E-state index in [2.05, 4.69) is 24.5 Å². The molecule has 122 valence electrons. The van der Waals surface area contributed by atoms with Crippen LogP contribution in [0.3, 0.4) is 0 Å². The standard InChI is InChI=1S/C17H27N3O2/c1-13(2)8-9-18-16(21)14-6-5-7-15(12-14)17(22)19-10-11-20(3)4/h5-7,12-13H,8-11H2,1-4H3,(H,18,21)(H,19,22). The number of rotatable bonds is 8. The van der Waals surface area contributed by atoms with Crippen LogP contribution in [0.25, 0.3) is 0 Å². The number of hydrogen-bond acceptors (Lipinski definition) is 3. The van der Waals surface area contributed by atoms with Crippen molar-refractivity contribution in [3.63, 3.8) is 0 Å². The first-order valence-corrected chi connectivity index (χ1v) is 7.71. The zero-order chi connectivity index (χ0) is 16.5. The molecule has 0 aliphatic carbocycles. The molecule has 0 saturated carbocycles. The molecule has 0 unspecified atom stereocenters. The van der Waals surface area contributed by atoms with Gasteiger partial charge in [0.05, 0.1) is 0 Å². The molecule has 0 aliphatic rings. The summed E-state index contributed by atoms with van der Waals surface area (Å²) < 4.78 is 0. The van der Waals surface area contributed by atoms with Crippen LogP contribution in [0.5, 0.6) is 0 Å². The Morgan fingerprint density at radius 3 is 2.09 bits per heavy atom. The van der Waals surface area contributed by atoms with Crippen molar-refractivity contribution in [2.45, 2.75) is 20.3 Å². The zero-order valence-corrected chi connectivity index (χ0v) is 14.0. The Labute approximate surface area is 133 Å². The van der Waals surface area contributed by atoms with Crippen LogP contribution < -0.4 is 10.6 Å². The minimum Gasteiger partial charge on any atom is -0.352 e. The fourth-order valence-corrected chi connectivity index (χ4v) is 1.87. The molecule has 0 saturated heterocycles. The number of hydrogen-bond donors (Lipinski definition) is 2. The van der Waals surface area contributed by atoms with E-state index in [0.717, 1.165) is 13.0 Å². The highest BCUT2D eigenvalue weighted by Crippen LogP contribution is 2.06. The number of benzene rings is 1. The molecule has 2 amide bonds. The number of likely N-dealkylation sites (N-methyl/N-ethyl adjacent to an activating group) is 1. The summed E-state index contributed by atoms with van der Waals surface area (Å²) in [6.45, 7) is 6.24. The third-order valence-electron chi connectivity index (χ3n) is 3.24. The second-order valence-corrected chi connectivity index (χ2v) is 6.08. The number of nitrogens with zero attached hydrogens (tertiary/aromatic N) is 1. The Morgan fingerprint density at radius 1 is 1.05 bits per heavy atom. The molecule has 0 bridgehead atoms. The molecule has 0 atom stereocenters. The lowest BCUT2D eigenvalue weighted by Gasteiger charge is -2.11. The Balaban J connectivity index is 2.57. The number of nitrogens with one attached hydrogen (secondary N) is 2. The fraction of sp³-hybridized carbons (Fsp3) is 0.529. The number of carbonyl (C=O) groups excluding carboxylic acids is 2. The van der Waals surface area contributed by atoms with Gasteiger partial charge in [0.15, 0.2) is 0 Å². The zero-order valence-electron chi connectivity index (χ0n) is 14.0. The molecule has 0 heterocycles. The Bertz CT molecular complexity index is 457. The van der Waals surface area contributed by atoms with E-state index in [4.69, 9.17) is 0 Å². The van der Waals surface area contributed by atoms with E-state index in [-0.39, 0.29) is 11.8 Å². The maximum Gasteiger partial charge on any atom is 0.251 e. The lowest BCUT2D eigenvalue weighted by molar-refractivity contribution is 0.0950. The van der Waals surface area contributed by atoms with Gasteiger partial charge in [0.2, 0.25) is 0 Å². The monoisotopic (exact) mass is 305 g/mol. The predicted octanol–water partition coefficient (Wildman–Crippen LogP) is 1.75. The topological polar surface area (TPSA) is 61.4 Å². The van der Waals surface area contributed by atoms with Gasteiger partial charge in [-0.1, -0.05) is 19.9 Å². The SMILES string of the molecule is CC(C)CCNC(=O)c1cccc(C(=O)NCCN(C)C)c1. The van der Waals surface area contributed by atoms with E-state index in [1.165, 1.54) is 0 Å². The molecular formula is C17H27N3O2. The molecule has 5 heteroatoms. The van der Waals surface area contributed by atoms with Crippen molar-refractivity contribution in [3.8, 4) is 0 Å². The van der Waals surface area contributed by atoms with Crippen LogP contribution in [0.1, 0.15) is 41.0 Å². The highest BCUT2D eigenvalue weighted by Gasteiger charge is 2.10. The van der Waals surface area contributed by atoms with E-state index in [9.17, 15) is 9.59 Å². The molecule has 1 aromatic carbocycles. The van der Waals surface area contributed by atoms with E-state index in [1.54, 1.807) is 24.3 Å². The summed E-state index contributed by atoms with van der Waals surface area (Å²) in [5, 5.41) is 5.72. The van der Waals surface area contributed by atoms with Crippen LogP contribution in [0.4, 0.5) is 0 Å². The second kappa shape index (κ2) is 9.20. The largest absolute Gasteiger partial charge is 0.352 e. The van der Waals surface area contributed by atoms with Crippen LogP contribution in [0.15, 0.2) is 24.3 Å². The van der Waals surface area contributed by atoms with Gasteiger partial charge in [-0.2, -0.15) is 0 Å². The minimum atomic E-state index is -0.154. The Hall–Kier alpha value is -1.88. The van der Waals surface area contributed by atoms with Gasteiger partial charge >= 0.3 is 0 Å². The first kappa shape index (κ1) is 18.2. The van der Waals surface area contributed by atoms with Crippen LogP contribution in [0, 0.1) is 5.92 Å². The maximum absolute atomic E-state index is 12.1. The fourth-order valence-electron chi connectivity index (χ4n) is 1.87. The van der Waals surface area contributed by atoms with Gasteiger partial charge in [-0.05, 0) is 44.6 Å². The lowest BCUT2D eigenvalue weighted by Crippen LogP contribution is -2.31. The van der Waals surface area contributed by atoms with Crippen molar-refractivity contribution in [1.82, 2.24) is 15.5 Å². The molecule has 0 aromatic heterocycles. The van der Waals surface area contributed by atoms with E-state index < -0.39 is 0 Å². The average molecular weight is 305 g/mol. The van der Waals surface area contributed by atoms with Crippen molar-refractivity contribution in [2.24, 2.45) is 5.92 Å². The van der Waals surface area contributed by atoms with Gasteiger partial charge in [-0.25, -0.2) is 0 Å². The van der Waals surface area contributed by atoms with Crippen molar-refractivity contribution >= 4 is 11.8 Å². The number of carbonyl (C=O) groups is 2. The lowest BCUT2D eigenvalue weighted by atomic mass is 10.1. The normalized spacial score (nSPS) is 10.8. The highest BCUT2D eigenvalue weighted by molar-refractivity contribution is 5.99. The summed E-state index contributed by atoms with van der Waals surface area (Å²) in [4.78, 5) is 26.1. The third-order valence-corrected chi connectivity index (χ3v) is 3.24. The van der Waals surface area contributed by atoms with E-state index in [1.807, 2.05) is 19.0 Å². The van der Waals surface area contributed by atoms with Crippen molar-refractivity contribution in [1.29, 1.82) is 0 Å². The van der Waals surface area contributed by atoms with Crippen LogP contribution in [-0.4, -0.2) is 50.4 Å². The average Bonchev–Trinajstić information content (AvgIpc) is 2.46. The molecule has 0 spiro atoms. The first-order chi connectivity index (χ1) is 10.4. The summed E-state index contributed by atoms with van der Waals surface area (Å²) in [6.07, 6.45) is 0.941. The van der Waals surface area contributed by atoms with Crippen molar-refractivity contribution in [2.75, 3.05) is 33.7 Å². The van der Waals surface area contributed by atoms with Crippen LogP contribution in [-0.2, 0) is 0 Å². The molecule has 1 aromatic rings. The van der Waals surface area contributed by atoms with Crippen molar-refractivity contribution < 1.29 is 9.59 Å². The maximum atomic E-state index is 12.1. The Kier molecular flexibility index (Phi) is 7.60. The van der Waals surface area contributed by atoms with Gasteiger partial charge in [0, 0.05) is 30.8 Å². The molecule has 2 N–H and O–H groups in total. The van der Waals surface area contributed by atoms with Crippen LogP contribution >= 0.6 is 0 Å². The smallest absolute Gasteiger partial charge is 0.251 e. The highest BCUT2D eigenvalue weighted by atomic mass is 16.2. The van der Waals surface area contributed by atoms with Gasteiger partial charge in [-0.15, -0.1) is 0 Å². The molecule has 1 rings (SSSR count). The summed E-state index contributed by atoms with van der Waals surface area (Å²) in [7, 11) is 3.91. The second-order valence-electron chi connectivity index (χ2n) is 6.08. The summed E-state index contributed by atoms with van der Waals surface area (Å²) in [5.74, 6) is 0.261. The van der Waals surface area contributed by atoms with Gasteiger partial charge in [0.25, 0.3) is 11.8 Å². The van der Waals surface area contributed by atoms with Gasteiger partial charge in [0.1, 0.15) is 0 Å². The third kappa shape index (κ3) is 6.72. The molecule has 0 radical (unpaired) electrons. The first-order valence-electron chi connectivity index (χ1n) is 7.71. The van der Waals surface area contributed by atoms with Crippen molar-refractivity contribution in [3.05, 3.63) is 35.4 Å². The summed E-state index contributed by atoms with van der Waals surface area (Å²) in [5.41, 5.74) is 1.03. The van der Waals surface area contributed by atoms with Gasteiger partial charge in [-0.3, -0.25) is 9.59 Å². The molecule has 5 nitrogen and oxygen atoms in total. The van der Waals surface area contributed by atoms with Gasteiger partial charge < -0.3 is 15.5 Å². The molecular weight excluding hydrogens is 278 g/mol. The van der Waals surface area contributed by atoms with E-state index in [0.29, 0.717) is 30.1 Å². The Morgan fingerprint density at radius 2 is 1.59 bits per heavy atom.